The van der Waals surface area contributed by atoms with Crippen LogP contribution >= 0.6 is 0 Å². The van der Waals surface area contributed by atoms with E-state index in [2.05, 4.69) is 29.5 Å². The number of hydrogen-bond donors (Lipinski definition) is 1. The number of benzene rings is 1. The van der Waals surface area contributed by atoms with Crippen LogP contribution in [0.3, 0.4) is 0 Å². The fraction of sp³-hybridized carbons (Fsp3) is 0.400. The molecule has 1 saturated carbocycles. The van der Waals surface area contributed by atoms with E-state index >= 15 is 0 Å². The summed E-state index contributed by atoms with van der Waals surface area (Å²) in [6.45, 7) is 2.96. The summed E-state index contributed by atoms with van der Waals surface area (Å²) in [6, 6.07) is 10.5. The largest absolute Gasteiger partial charge is 0.350 e. The molecule has 4 nitrogen and oxygen atoms in total. The van der Waals surface area contributed by atoms with Crippen molar-refractivity contribution in [3.05, 3.63) is 59.9 Å². The number of rotatable bonds is 5. The van der Waals surface area contributed by atoms with Gasteiger partial charge in [-0.3, -0.25) is 9.48 Å². The minimum absolute atomic E-state index is 0.00967. The summed E-state index contributed by atoms with van der Waals surface area (Å²) in [5, 5.41) is 7.48. The van der Waals surface area contributed by atoms with Crippen LogP contribution in [0.5, 0.6) is 0 Å². The van der Waals surface area contributed by atoms with Crippen LogP contribution in [-0.2, 0) is 11.3 Å². The molecule has 24 heavy (non-hydrogen) atoms. The molecule has 0 radical (unpaired) electrons. The van der Waals surface area contributed by atoms with Crippen LogP contribution in [0.25, 0.3) is 6.08 Å². The first kappa shape index (κ1) is 16.5. The van der Waals surface area contributed by atoms with E-state index in [-0.39, 0.29) is 5.91 Å². The van der Waals surface area contributed by atoms with Crippen LogP contribution in [0.4, 0.5) is 0 Å². The van der Waals surface area contributed by atoms with E-state index in [0.29, 0.717) is 12.0 Å². The predicted molar refractivity (Wildman–Crippen MR) is 96.4 cm³/mol. The van der Waals surface area contributed by atoms with E-state index in [0.717, 1.165) is 18.5 Å². The van der Waals surface area contributed by atoms with Gasteiger partial charge in [0.25, 0.3) is 0 Å². The molecule has 2 aromatic rings. The molecule has 1 aliphatic carbocycles. The molecular formula is C20H25N3O. The Balaban J connectivity index is 1.53. The number of carbonyl (C=O) groups excluding carboxylic acids is 1. The molecule has 126 valence electrons. The molecule has 1 aromatic heterocycles. The highest BCUT2D eigenvalue weighted by Crippen LogP contribution is 2.23. The van der Waals surface area contributed by atoms with Crippen molar-refractivity contribution in [2.24, 2.45) is 5.92 Å². The maximum atomic E-state index is 12.1. The zero-order valence-corrected chi connectivity index (χ0v) is 14.2. The Morgan fingerprint density at radius 3 is 2.88 bits per heavy atom. The van der Waals surface area contributed by atoms with Gasteiger partial charge in [0, 0.05) is 23.9 Å². The maximum absolute atomic E-state index is 12.1. The summed E-state index contributed by atoms with van der Waals surface area (Å²) in [6.07, 6.45) is 12.0. The zero-order chi connectivity index (χ0) is 16.8. The molecule has 2 atom stereocenters. The number of amides is 1. The molecule has 1 fully saturated rings. The Morgan fingerprint density at radius 2 is 2.08 bits per heavy atom. The first-order chi connectivity index (χ1) is 11.7. The topological polar surface area (TPSA) is 46.9 Å². The zero-order valence-electron chi connectivity index (χ0n) is 14.2. The number of aromatic nitrogens is 2. The van der Waals surface area contributed by atoms with E-state index in [1.54, 1.807) is 12.3 Å². The van der Waals surface area contributed by atoms with Crippen molar-refractivity contribution in [2.45, 2.75) is 45.2 Å². The molecular weight excluding hydrogens is 298 g/mol. The molecule has 1 heterocycles. The Kier molecular flexibility index (Phi) is 5.47. The van der Waals surface area contributed by atoms with Crippen molar-refractivity contribution in [1.82, 2.24) is 15.1 Å². The summed E-state index contributed by atoms with van der Waals surface area (Å²) in [5.41, 5.74) is 2.15. The molecule has 1 aromatic carbocycles. The Bertz CT molecular complexity index is 690. The third-order valence-electron chi connectivity index (χ3n) is 4.71. The van der Waals surface area contributed by atoms with Gasteiger partial charge in [0.2, 0.25) is 5.91 Å². The van der Waals surface area contributed by atoms with Crippen LogP contribution in [0.1, 0.15) is 43.7 Å². The molecule has 0 bridgehead atoms. The van der Waals surface area contributed by atoms with E-state index in [9.17, 15) is 4.79 Å². The lowest BCUT2D eigenvalue weighted by Gasteiger charge is -2.29. The van der Waals surface area contributed by atoms with Crippen molar-refractivity contribution < 1.29 is 4.79 Å². The quantitative estimate of drug-likeness (QED) is 0.854. The second kappa shape index (κ2) is 7.95. The van der Waals surface area contributed by atoms with Gasteiger partial charge in [-0.05, 0) is 30.4 Å². The van der Waals surface area contributed by atoms with Crippen molar-refractivity contribution in [3.8, 4) is 0 Å². The molecule has 1 amide bonds. The lowest BCUT2D eigenvalue weighted by atomic mass is 9.86. The standard InChI is InChI=1S/C20H25N3O/c1-16-7-5-6-10-19(16)22-20(24)12-11-18-13-21-23(15-18)14-17-8-3-2-4-9-17/h2-4,8-9,11-13,15-16,19H,5-7,10,14H2,1H3,(H,22,24)/b12-11+/t16-,19+/m0/s1. The van der Waals surface area contributed by atoms with Gasteiger partial charge in [0.1, 0.15) is 0 Å². The fourth-order valence-corrected chi connectivity index (χ4v) is 3.26. The van der Waals surface area contributed by atoms with Crippen molar-refractivity contribution in [3.63, 3.8) is 0 Å². The van der Waals surface area contributed by atoms with Gasteiger partial charge in [-0.15, -0.1) is 0 Å². The van der Waals surface area contributed by atoms with Gasteiger partial charge in [-0.1, -0.05) is 50.1 Å². The first-order valence-electron chi connectivity index (χ1n) is 8.75. The Hall–Kier alpha value is -2.36. The average molecular weight is 323 g/mol. The molecule has 1 aliphatic rings. The SMILES string of the molecule is C[C@H]1CCCC[C@H]1NC(=O)/C=C/c1cnn(Cc2ccccc2)c1. The second-order valence-corrected chi connectivity index (χ2v) is 6.67. The lowest BCUT2D eigenvalue weighted by Crippen LogP contribution is -2.40. The van der Waals surface area contributed by atoms with Crippen molar-refractivity contribution in [1.29, 1.82) is 0 Å². The van der Waals surface area contributed by atoms with Gasteiger partial charge in [-0.2, -0.15) is 5.10 Å². The lowest BCUT2D eigenvalue weighted by molar-refractivity contribution is -0.117. The Morgan fingerprint density at radius 1 is 1.29 bits per heavy atom. The Labute approximate surface area is 143 Å². The summed E-state index contributed by atoms with van der Waals surface area (Å²) in [7, 11) is 0. The molecule has 4 heteroatoms. The second-order valence-electron chi connectivity index (χ2n) is 6.67. The molecule has 0 spiro atoms. The van der Waals surface area contributed by atoms with Crippen molar-refractivity contribution >= 4 is 12.0 Å². The summed E-state index contributed by atoms with van der Waals surface area (Å²) in [4.78, 5) is 12.1. The summed E-state index contributed by atoms with van der Waals surface area (Å²) in [5.74, 6) is 0.564. The van der Waals surface area contributed by atoms with E-state index in [4.69, 9.17) is 0 Å². The monoisotopic (exact) mass is 323 g/mol. The predicted octanol–water partition coefficient (Wildman–Crippen LogP) is 3.64. The van der Waals surface area contributed by atoms with E-state index in [1.165, 1.54) is 24.8 Å². The van der Waals surface area contributed by atoms with Crippen molar-refractivity contribution in [2.75, 3.05) is 0 Å². The molecule has 0 unspecified atom stereocenters. The first-order valence-corrected chi connectivity index (χ1v) is 8.75. The smallest absolute Gasteiger partial charge is 0.244 e. The highest BCUT2D eigenvalue weighted by atomic mass is 16.1. The molecule has 1 N–H and O–H groups in total. The van der Waals surface area contributed by atoms with E-state index < -0.39 is 0 Å². The third kappa shape index (κ3) is 4.57. The van der Waals surface area contributed by atoms with Crippen LogP contribution in [0.2, 0.25) is 0 Å². The van der Waals surface area contributed by atoms with Gasteiger partial charge < -0.3 is 5.32 Å². The van der Waals surface area contributed by atoms with Crippen LogP contribution in [0, 0.1) is 5.92 Å². The maximum Gasteiger partial charge on any atom is 0.244 e. The van der Waals surface area contributed by atoms with Crippen LogP contribution < -0.4 is 5.32 Å². The molecule has 0 aliphatic heterocycles. The van der Waals surface area contributed by atoms with Gasteiger partial charge in [0.15, 0.2) is 0 Å². The number of hydrogen-bond acceptors (Lipinski definition) is 2. The van der Waals surface area contributed by atoms with Gasteiger partial charge >= 0.3 is 0 Å². The highest BCUT2D eigenvalue weighted by Gasteiger charge is 2.21. The summed E-state index contributed by atoms with van der Waals surface area (Å²) < 4.78 is 1.89. The normalized spacial score (nSPS) is 21.0. The summed E-state index contributed by atoms with van der Waals surface area (Å²) >= 11 is 0. The van der Waals surface area contributed by atoms with Gasteiger partial charge in [-0.25, -0.2) is 0 Å². The average Bonchev–Trinajstić information content (AvgIpc) is 3.03. The van der Waals surface area contributed by atoms with E-state index in [1.807, 2.05) is 35.2 Å². The third-order valence-corrected chi connectivity index (χ3v) is 4.71. The highest BCUT2D eigenvalue weighted by molar-refractivity contribution is 5.91. The van der Waals surface area contributed by atoms with Crippen LogP contribution in [-0.4, -0.2) is 21.7 Å². The molecule has 3 rings (SSSR count). The number of nitrogens with one attached hydrogen (secondary N) is 1. The number of carbonyl (C=O) groups is 1. The minimum atomic E-state index is -0.00967. The minimum Gasteiger partial charge on any atom is -0.350 e. The van der Waals surface area contributed by atoms with Gasteiger partial charge in [0.05, 0.1) is 12.7 Å². The van der Waals surface area contributed by atoms with Crippen LogP contribution in [0.15, 0.2) is 48.8 Å². The molecule has 0 saturated heterocycles. The fourth-order valence-electron chi connectivity index (χ4n) is 3.26. The number of nitrogens with zero attached hydrogens (tertiary/aromatic N) is 2.